The van der Waals surface area contributed by atoms with E-state index in [1.165, 1.54) is 46.0 Å². The van der Waals surface area contributed by atoms with E-state index in [1.807, 2.05) is 4.90 Å². The Labute approximate surface area is 232 Å². The number of hydrogen-bond donors (Lipinski definition) is 2. The Kier molecular flexibility index (Phi) is 7.07. The first-order valence-electron chi connectivity index (χ1n) is 12.8. The van der Waals surface area contributed by atoms with Crippen molar-refractivity contribution in [1.82, 2.24) is 34.6 Å². The molecule has 0 bridgehead atoms. The lowest BCUT2D eigenvalue weighted by atomic mass is 9.89. The van der Waals surface area contributed by atoms with Crippen molar-refractivity contribution >= 4 is 34.7 Å². The number of halogens is 3. The van der Waals surface area contributed by atoms with E-state index in [1.54, 1.807) is 12.3 Å². The Hall–Kier alpha value is -4.10. The van der Waals surface area contributed by atoms with Crippen LogP contribution in [0, 0.1) is 11.8 Å². The van der Waals surface area contributed by atoms with Gasteiger partial charge in [0, 0.05) is 42.3 Å². The van der Waals surface area contributed by atoms with Crippen molar-refractivity contribution in [2.45, 2.75) is 19.6 Å². The summed E-state index contributed by atoms with van der Waals surface area (Å²) in [5.41, 5.74) is 0.942. The predicted octanol–water partition coefficient (Wildman–Crippen LogP) is 3.17. The van der Waals surface area contributed by atoms with E-state index in [2.05, 4.69) is 25.8 Å². The predicted molar refractivity (Wildman–Crippen MR) is 141 cm³/mol. The zero-order valence-corrected chi connectivity index (χ0v) is 21.9. The van der Waals surface area contributed by atoms with Crippen LogP contribution in [-0.4, -0.2) is 73.9 Å². The first-order chi connectivity index (χ1) is 19.4. The van der Waals surface area contributed by atoms with Crippen LogP contribution in [0.2, 0.25) is 5.02 Å². The van der Waals surface area contributed by atoms with Crippen molar-refractivity contribution in [1.29, 1.82) is 0 Å². The number of aromatic nitrogens is 5. The van der Waals surface area contributed by atoms with Gasteiger partial charge < -0.3 is 20.3 Å². The summed E-state index contributed by atoms with van der Waals surface area (Å²) in [4.78, 5) is 32.5. The van der Waals surface area contributed by atoms with Crippen LogP contribution in [0.15, 0.2) is 49.1 Å². The standard InChI is InChI=1S/C26H25ClF2N8O3/c27-17-2-3-21(40-26(28)29)18(8-17)23-20(33-25(39)19-11-32-37-6-1-5-31-24(19)37)13-36(34-23)14-22(38)35-7-4-15-9-30-10-16(15)12-35/h1-3,5-6,8,11,13,15-16,26,30H,4,7,9-10,12,14H2,(H,33,39). The van der Waals surface area contributed by atoms with Gasteiger partial charge in [-0.1, -0.05) is 11.6 Å². The number of likely N-dealkylation sites (tertiary alicyclic amines) is 1. The summed E-state index contributed by atoms with van der Waals surface area (Å²) in [7, 11) is 0. The van der Waals surface area contributed by atoms with E-state index in [0.717, 1.165) is 19.5 Å². The molecular formula is C26H25ClF2N8O3. The van der Waals surface area contributed by atoms with E-state index in [-0.39, 0.29) is 45.7 Å². The third-order valence-corrected chi connectivity index (χ3v) is 7.54. The van der Waals surface area contributed by atoms with Crippen LogP contribution < -0.4 is 15.4 Å². The van der Waals surface area contributed by atoms with Crippen LogP contribution in [0.5, 0.6) is 5.75 Å². The molecule has 4 aromatic rings. The van der Waals surface area contributed by atoms with Crippen LogP contribution in [0.3, 0.4) is 0 Å². The Morgan fingerprint density at radius 3 is 2.95 bits per heavy atom. The number of carbonyl (C=O) groups excluding carboxylic acids is 2. The summed E-state index contributed by atoms with van der Waals surface area (Å²) in [5.74, 6) is 0.141. The third-order valence-electron chi connectivity index (χ3n) is 7.30. The molecule has 40 heavy (non-hydrogen) atoms. The molecule has 2 fully saturated rings. The Bertz CT molecular complexity index is 1570. The van der Waals surface area contributed by atoms with E-state index >= 15 is 0 Å². The van der Waals surface area contributed by atoms with E-state index in [0.29, 0.717) is 30.6 Å². The molecule has 0 aliphatic carbocycles. The van der Waals surface area contributed by atoms with Crippen LogP contribution in [0.25, 0.3) is 16.9 Å². The van der Waals surface area contributed by atoms with Gasteiger partial charge in [-0.3, -0.25) is 14.3 Å². The zero-order valence-electron chi connectivity index (χ0n) is 21.1. The fourth-order valence-corrected chi connectivity index (χ4v) is 5.53. The van der Waals surface area contributed by atoms with Crippen molar-refractivity contribution in [3.05, 3.63) is 59.6 Å². The fourth-order valence-electron chi connectivity index (χ4n) is 5.36. The molecule has 11 nitrogen and oxygen atoms in total. The van der Waals surface area contributed by atoms with Gasteiger partial charge in [0.15, 0.2) is 5.65 Å². The Morgan fingerprint density at radius 2 is 2.10 bits per heavy atom. The number of anilines is 1. The molecule has 5 heterocycles. The van der Waals surface area contributed by atoms with Crippen molar-refractivity contribution in [2.75, 3.05) is 31.5 Å². The largest absolute Gasteiger partial charge is 0.434 e. The van der Waals surface area contributed by atoms with Crippen LogP contribution >= 0.6 is 11.6 Å². The maximum Gasteiger partial charge on any atom is 0.387 e. The maximum absolute atomic E-state index is 13.3. The Balaban J connectivity index is 1.32. The number of piperidine rings is 1. The van der Waals surface area contributed by atoms with Crippen molar-refractivity contribution in [3.63, 3.8) is 0 Å². The molecule has 2 N–H and O–H groups in total. The van der Waals surface area contributed by atoms with Crippen LogP contribution in [0.1, 0.15) is 16.8 Å². The van der Waals surface area contributed by atoms with Gasteiger partial charge in [0.1, 0.15) is 23.6 Å². The molecule has 2 saturated heterocycles. The molecule has 208 valence electrons. The molecule has 0 radical (unpaired) electrons. The molecular weight excluding hydrogens is 546 g/mol. The second-order valence-electron chi connectivity index (χ2n) is 9.82. The van der Waals surface area contributed by atoms with E-state index in [9.17, 15) is 18.4 Å². The number of nitrogens with zero attached hydrogens (tertiary/aromatic N) is 6. The summed E-state index contributed by atoms with van der Waals surface area (Å²) >= 11 is 6.19. The average molecular weight is 571 g/mol. The normalized spacial score (nSPS) is 18.8. The molecule has 3 aromatic heterocycles. The number of fused-ring (bicyclic) bond motifs is 2. The summed E-state index contributed by atoms with van der Waals surface area (Å²) in [5, 5.41) is 15.1. The number of carbonyl (C=O) groups is 2. The van der Waals surface area contributed by atoms with Gasteiger partial charge in [-0.05, 0) is 55.6 Å². The van der Waals surface area contributed by atoms with E-state index < -0.39 is 12.5 Å². The SMILES string of the molecule is O=C(Nc1cn(CC(=O)N2CCC3CNCC3C2)nc1-c1cc(Cl)ccc1OC(F)F)c1cnn2cccnc12. The molecule has 0 saturated carbocycles. The maximum atomic E-state index is 13.3. The lowest BCUT2D eigenvalue weighted by Gasteiger charge is -2.34. The highest BCUT2D eigenvalue weighted by atomic mass is 35.5. The quantitative estimate of drug-likeness (QED) is 0.350. The number of hydrogen-bond acceptors (Lipinski definition) is 7. The molecule has 2 aliphatic heterocycles. The molecule has 14 heteroatoms. The first kappa shape index (κ1) is 26.1. The lowest BCUT2D eigenvalue weighted by Crippen LogP contribution is -2.44. The summed E-state index contributed by atoms with van der Waals surface area (Å²) in [6.07, 6.45) is 6.98. The molecule has 1 aromatic carbocycles. The van der Waals surface area contributed by atoms with Crippen molar-refractivity contribution in [3.8, 4) is 17.0 Å². The molecule has 2 amide bonds. The molecule has 2 unspecified atom stereocenters. The van der Waals surface area contributed by atoms with Crippen LogP contribution in [0.4, 0.5) is 14.5 Å². The number of amides is 2. The number of alkyl halides is 2. The third kappa shape index (κ3) is 5.21. The molecule has 0 spiro atoms. The number of benzene rings is 1. The monoisotopic (exact) mass is 570 g/mol. The number of nitrogens with one attached hydrogen (secondary N) is 2. The minimum Gasteiger partial charge on any atom is -0.434 e. The molecule has 6 rings (SSSR count). The lowest BCUT2D eigenvalue weighted by molar-refractivity contribution is -0.134. The van der Waals surface area contributed by atoms with Gasteiger partial charge in [0.2, 0.25) is 5.91 Å². The highest BCUT2D eigenvalue weighted by Gasteiger charge is 2.34. The smallest absolute Gasteiger partial charge is 0.387 e. The van der Waals surface area contributed by atoms with Crippen LogP contribution in [-0.2, 0) is 11.3 Å². The molecule has 2 atom stereocenters. The van der Waals surface area contributed by atoms with Gasteiger partial charge in [-0.25, -0.2) is 9.50 Å². The average Bonchev–Trinajstić information content (AvgIpc) is 3.67. The van der Waals surface area contributed by atoms with E-state index in [4.69, 9.17) is 16.3 Å². The van der Waals surface area contributed by atoms with Crippen molar-refractivity contribution < 1.29 is 23.1 Å². The van der Waals surface area contributed by atoms with Gasteiger partial charge in [-0.2, -0.15) is 19.0 Å². The van der Waals surface area contributed by atoms with Gasteiger partial charge >= 0.3 is 6.61 Å². The minimum absolute atomic E-state index is 0.0996. The minimum atomic E-state index is -3.10. The highest BCUT2D eigenvalue weighted by molar-refractivity contribution is 6.31. The highest BCUT2D eigenvalue weighted by Crippen LogP contribution is 2.37. The number of ether oxygens (including phenoxy) is 1. The summed E-state index contributed by atoms with van der Waals surface area (Å²) < 4.78 is 34.0. The first-order valence-corrected chi connectivity index (χ1v) is 13.1. The topological polar surface area (TPSA) is 119 Å². The second-order valence-corrected chi connectivity index (χ2v) is 10.3. The van der Waals surface area contributed by atoms with Gasteiger partial charge in [-0.15, -0.1) is 0 Å². The van der Waals surface area contributed by atoms with Gasteiger partial charge in [0.25, 0.3) is 5.91 Å². The summed E-state index contributed by atoms with van der Waals surface area (Å²) in [6, 6.07) is 5.80. The number of rotatable bonds is 7. The Morgan fingerprint density at radius 1 is 1.25 bits per heavy atom. The van der Waals surface area contributed by atoms with Gasteiger partial charge in [0.05, 0.1) is 11.9 Å². The van der Waals surface area contributed by atoms with Crippen molar-refractivity contribution in [2.24, 2.45) is 11.8 Å². The summed E-state index contributed by atoms with van der Waals surface area (Å²) in [6.45, 7) is -0.0186. The molecule has 2 aliphatic rings. The second kappa shape index (κ2) is 10.8. The fraction of sp³-hybridized carbons (Fsp3) is 0.346. The zero-order chi connectivity index (χ0) is 27.8.